The summed E-state index contributed by atoms with van der Waals surface area (Å²) in [5.41, 5.74) is 2.13. The third kappa shape index (κ3) is 5.73. The van der Waals surface area contributed by atoms with Gasteiger partial charge in [-0.2, -0.15) is 4.31 Å². The van der Waals surface area contributed by atoms with Gasteiger partial charge in [-0.3, -0.25) is 4.79 Å². The Kier molecular flexibility index (Phi) is 6.99. The van der Waals surface area contributed by atoms with Crippen LogP contribution in [-0.2, 0) is 10.0 Å². The van der Waals surface area contributed by atoms with E-state index >= 15 is 0 Å². The van der Waals surface area contributed by atoms with E-state index in [1.54, 1.807) is 24.3 Å². The number of para-hydroxylation sites is 2. The fourth-order valence-electron chi connectivity index (χ4n) is 3.28. The van der Waals surface area contributed by atoms with Crippen molar-refractivity contribution in [1.29, 1.82) is 0 Å². The number of benzene rings is 2. The van der Waals surface area contributed by atoms with Crippen LogP contribution in [0.2, 0.25) is 0 Å². The molecule has 8 heteroatoms. The minimum atomic E-state index is -3.18. The summed E-state index contributed by atoms with van der Waals surface area (Å²) in [5, 5.41) is 2.98. The van der Waals surface area contributed by atoms with Gasteiger partial charge >= 0.3 is 0 Å². The first-order chi connectivity index (χ1) is 14.2. The zero-order valence-corrected chi connectivity index (χ0v) is 18.5. The molecule has 0 spiro atoms. The van der Waals surface area contributed by atoms with Gasteiger partial charge in [0.05, 0.1) is 24.2 Å². The maximum Gasteiger partial charge on any atom is 0.255 e. The maximum atomic E-state index is 12.8. The Morgan fingerprint density at radius 3 is 2.27 bits per heavy atom. The number of ether oxygens (including phenoxy) is 1. The lowest BCUT2D eigenvalue weighted by Gasteiger charge is -2.35. The van der Waals surface area contributed by atoms with Crippen LogP contribution in [0.3, 0.4) is 0 Å². The van der Waals surface area contributed by atoms with Crippen LogP contribution in [0.15, 0.2) is 48.5 Å². The first-order valence-corrected chi connectivity index (χ1v) is 11.9. The van der Waals surface area contributed by atoms with E-state index < -0.39 is 10.0 Å². The van der Waals surface area contributed by atoms with Crippen molar-refractivity contribution >= 4 is 27.3 Å². The minimum absolute atomic E-state index is 0.201. The third-order valence-electron chi connectivity index (χ3n) is 4.90. The zero-order valence-electron chi connectivity index (χ0n) is 17.7. The van der Waals surface area contributed by atoms with Crippen LogP contribution >= 0.6 is 0 Å². The Labute approximate surface area is 178 Å². The first kappa shape index (κ1) is 22.1. The van der Waals surface area contributed by atoms with Gasteiger partial charge < -0.3 is 15.0 Å². The van der Waals surface area contributed by atoms with E-state index in [0.717, 1.165) is 11.4 Å². The smallest absolute Gasteiger partial charge is 0.255 e. The largest absolute Gasteiger partial charge is 0.493 e. The number of hydrogen-bond donors (Lipinski definition) is 1. The van der Waals surface area contributed by atoms with Gasteiger partial charge in [0.2, 0.25) is 10.0 Å². The summed E-state index contributed by atoms with van der Waals surface area (Å²) < 4.78 is 30.6. The summed E-state index contributed by atoms with van der Waals surface area (Å²) in [5.74, 6) is 0.973. The lowest BCUT2D eigenvalue weighted by atomic mass is 10.1. The predicted molar refractivity (Wildman–Crippen MR) is 120 cm³/mol. The predicted octanol–water partition coefficient (Wildman–Crippen LogP) is 3.06. The van der Waals surface area contributed by atoms with Crippen molar-refractivity contribution in [3.8, 4) is 5.75 Å². The monoisotopic (exact) mass is 431 g/mol. The van der Waals surface area contributed by atoms with Gasteiger partial charge in [-0.05, 0) is 42.3 Å². The summed E-state index contributed by atoms with van der Waals surface area (Å²) in [6.07, 6.45) is 1.23. The molecule has 0 aliphatic carbocycles. The Hall–Kier alpha value is -2.58. The van der Waals surface area contributed by atoms with Gasteiger partial charge in [0, 0.05) is 31.7 Å². The topological polar surface area (TPSA) is 79.0 Å². The second-order valence-electron chi connectivity index (χ2n) is 7.85. The lowest BCUT2D eigenvalue weighted by Crippen LogP contribution is -2.48. The van der Waals surface area contributed by atoms with Crippen molar-refractivity contribution in [3.63, 3.8) is 0 Å². The standard InChI is InChI=1S/C22H29N3O4S/c1-17(2)16-29-19-10-8-18(9-11-19)22(26)23-20-6-4-5-7-21(20)24-12-14-25(15-13-24)30(3,27)28/h4-11,17H,12-16H2,1-3H3,(H,23,26). The molecule has 30 heavy (non-hydrogen) atoms. The number of piperazine rings is 1. The molecule has 1 amide bonds. The Morgan fingerprint density at radius 2 is 1.67 bits per heavy atom. The summed E-state index contributed by atoms with van der Waals surface area (Å²) in [6.45, 7) is 6.80. The summed E-state index contributed by atoms with van der Waals surface area (Å²) in [6, 6.07) is 14.7. The Balaban J connectivity index is 1.67. The number of nitrogens with one attached hydrogen (secondary N) is 1. The zero-order chi connectivity index (χ0) is 21.7. The molecule has 2 aromatic rings. The van der Waals surface area contributed by atoms with E-state index in [2.05, 4.69) is 24.1 Å². The molecule has 3 rings (SSSR count). The molecule has 1 aliphatic rings. The van der Waals surface area contributed by atoms with Crippen LogP contribution in [0.1, 0.15) is 24.2 Å². The highest BCUT2D eigenvalue weighted by Gasteiger charge is 2.24. The van der Waals surface area contributed by atoms with Crippen LogP contribution < -0.4 is 15.0 Å². The first-order valence-electron chi connectivity index (χ1n) is 10.1. The van der Waals surface area contributed by atoms with Gasteiger partial charge in [-0.15, -0.1) is 0 Å². The van der Waals surface area contributed by atoms with Crippen LogP contribution in [0.25, 0.3) is 0 Å². The van der Waals surface area contributed by atoms with Gasteiger partial charge in [-0.25, -0.2) is 8.42 Å². The second kappa shape index (κ2) is 9.49. The molecule has 0 radical (unpaired) electrons. The Bertz CT molecular complexity index is 966. The van der Waals surface area contributed by atoms with Crippen molar-refractivity contribution in [2.24, 2.45) is 5.92 Å². The van der Waals surface area contributed by atoms with E-state index in [1.807, 2.05) is 24.3 Å². The van der Waals surface area contributed by atoms with E-state index in [9.17, 15) is 13.2 Å². The van der Waals surface area contributed by atoms with E-state index in [0.29, 0.717) is 50.0 Å². The van der Waals surface area contributed by atoms with Crippen molar-refractivity contribution in [3.05, 3.63) is 54.1 Å². The third-order valence-corrected chi connectivity index (χ3v) is 6.20. The van der Waals surface area contributed by atoms with Crippen molar-refractivity contribution in [1.82, 2.24) is 4.31 Å². The van der Waals surface area contributed by atoms with Crippen molar-refractivity contribution in [2.45, 2.75) is 13.8 Å². The number of rotatable bonds is 7. The van der Waals surface area contributed by atoms with Crippen LogP contribution in [0, 0.1) is 5.92 Å². The fraction of sp³-hybridized carbons (Fsp3) is 0.409. The molecular weight excluding hydrogens is 402 g/mol. The van der Waals surface area contributed by atoms with E-state index in [-0.39, 0.29) is 5.91 Å². The quantitative estimate of drug-likeness (QED) is 0.729. The highest BCUT2D eigenvalue weighted by Crippen LogP contribution is 2.27. The van der Waals surface area contributed by atoms with Crippen LogP contribution in [-0.4, -0.2) is 57.7 Å². The molecule has 162 valence electrons. The molecule has 7 nitrogen and oxygen atoms in total. The SMILES string of the molecule is CC(C)COc1ccc(C(=O)Nc2ccccc2N2CCN(S(C)(=O)=O)CC2)cc1. The molecule has 2 aromatic carbocycles. The average Bonchev–Trinajstić information content (AvgIpc) is 2.72. The summed E-state index contributed by atoms with van der Waals surface area (Å²) >= 11 is 0. The maximum absolute atomic E-state index is 12.8. The fourth-order valence-corrected chi connectivity index (χ4v) is 4.10. The van der Waals surface area contributed by atoms with Crippen molar-refractivity contribution < 1.29 is 17.9 Å². The number of carbonyl (C=O) groups excluding carboxylic acids is 1. The number of carbonyl (C=O) groups is 1. The molecular formula is C22H29N3O4S. The number of sulfonamides is 1. The van der Waals surface area contributed by atoms with Gasteiger partial charge in [0.25, 0.3) is 5.91 Å². The average molecular weight is 432 g/mol. The number of nitrogens with zero attached hydrogens (tertiary/aromatic N) is 2. The van der Waals surface area contributed by atoms with Crippen LogP contribution in [0.5, 0.6) is 5.75 Å². The molecule has 0 bridgehead atoms. The van der Waals surface area contributed by atoms with Gasteiger partial charge in [0.1, 0.15) is 5.75 Å². The van der Waals surface area contributed by atoms with Gasteiger partial charge in [-0.1, -0.05) is 26.0 Å². The number of anilines is 2. The molecule has 0 unspecified atom stereocenters. The molecule has 1 saturated heterocycles. The molecule has 1 N–H and O–H groups in total. The molecule has 0 atom stereocenters. The summed E-state index contributed by atoms with van der Waals surface area (Å²) in [4.78, 5) is 14.8. The molecule has 1 heterocycles. The summed E-state index contributed by atoms with van der Waals surface area (Å²) in [7, 11) is -3.18. The normalized spacial score (nSPS) is 15.3. The number of amides is 1. The highest BCUT2D eigenvalue weighted by atomic mass is 32.2. The minimum Gasteiger partial charge on any atom is -0.493 e. The van der Waals surface area contributed by atoms with Crippen molar-refractivity contribution in [2.75, 3.05) is 49.3 Å². The molecule has 0 saturated carbocycles. The van der Waals surface area contributed by atoms with Gasteiger partial charge in [0.15, 0.2) is 0 Å². The highest BCUT2D eigenvalue weighted by molar-refractivity contribution is 7.88. The molecule has 1 aliphatic heterocycles. The van der Waals surface area contributed by atoms with Crippen LogP contribution in [0.4, 0.5) is 11.4 Å². The molecule has 1 fully saturated rings. The second-order valence-corrected chi connectivity index (χ2v) is 9.83. The number of hydrogen-bond acceptors (Lipinski definition) is 5. The van der Waals surface area contributed by atoms with E-state index in [4.69, 9.17) is 4.74 Å². The Morgan fingerprint density at radius 1 is 1.03 bits per heavy atom. The van der Waals surface area contributed by atoms with E-state index in [1.165, 1.54) is 10.6 Å². The lowest BCUT2D eigenvalue weighted by molar-refractivity contribution is 0.102. The molecule has 0 aromatic heterocycles.